The summed E-state index contributed by atoms with van der Waals surface area (Å²) >= 11 is 0. The van der Waals surface area contributed by atoms with Crippen molar-refractivity contribution in [2.24, 2.45) is 5.92 Å². The van der Waals surface area contributed by atoms with Gasteiger partial charge in [-0.25, -0.2) is 12.8 Å². The zero-order valence-corrected chi connectivity index (χ0v) is 16.4. The van der Waals surface area contributed by atoms with E-state index in [1.165, 1.54) is 12.1 Å². The number of nitriles is 1. The largest absolute Gasteiger partial charge is 0.490 e. The van der Waals surface area contributed by atoms with Crippen LogP contribution in [-0.4, -0.2) is 63.3 Å². The molecule has 0 spiro atoms. The molecule has 3 rings (SSSR count). The third kappa shape index (κ3) is 5.11. The molecule has 1 aromatic rings. The molecule has 2 aliphatic rings. The van der Waals surface area contributed by atoms with Crippen LogP contribution in [0.15, 0.2) is 23.1 Å². The molecule has 148 valence electrons. The third-order valence-corrected chi connectivity index (χ3v) is 6.70. The maximum absolute atomic E-state index is 14.1. The standard InChI is InChI=1S/C19H26FN3O3S/c1-27(24,25)17-6-7-19(18(20)12-17)26-13-15-2-4-16(5-3-15)23-10-8-22(14-21)9-11-23/h6-7,12,15-16H,2-5,8-11,13H2,1H3. The number of rotatable bonds is 5. The molecule has 1 aromatic carbocycles. The van der Waals surface area contributed by atoms with Crippen molar-refractivity contribution < 1.29 is 17.5 Å². The SMILES string of the molecule is CS(=O)(=O)c1ccc(OCC2CCC(N3CCN(C#N)CC3)CC2)c(F)c1. The molecule has 0 bridgehead atoms. The van der Waals surface area contributed by atoms with E-state index < -0.39 is 15.7 Å². The van der Waals surface area contributed by atoms with Crippen LogP contribution in [0, 0.1) is 23.2 Å². The van der Waals surface area contributed by atoms with E-state index >= 15 is 0 Å². The van der Waals surface area contributed by atoms with Crippen molar-refractivity contribution in [3.8, 4) is 11.9 Å². The monoisotopic (exact) mass is 395 g/mol. The fraction of sp³-hybridized carbons (Fsp3) is 0.632. The van der Waals surface area contributed by atoms with Gasteiger partial charge in [-0.15, -0.1) is 0 Å². The molecule has 0 amide bonds. The summed E-state index contributed by atoms with van der Waals surface area (Å²) in [4.78, 5) is 4.25. The number of ether oxygens (including phenoxy) is 1. The number of nitrogens with zero attached hydrogens (tertiary/aromatic N) is 3. The number of sulfone groups is 1. The van der Waals surface area contributed by atoms with Gasteiger partial charge in [0.05, 0.1) is 11.5 Å². The van der Waals surface area contributed by atoms with Crippen LogP contribution in [0.4, 0.5) is 4.39 Å². The molecule has 0 aromatic heterocycles. The van der Waals surface area contributed by atoms with Crippen molar-refractivity contribution >= 4 is 9.84 Å². The van der Waals surface area contributed by atoms with Gasteiger partial charge in [-0.3, -0.25) is 4.90 Å². The van der Waals surface area contributed by atoms with Gasteiger partial charge in [-0.1, -0.05) is 0 Å². The van der Waals surface area contributed by atoms with Crippen LogP contribution < -0.4 is 4.74 Å². The van der Waals surface area contributed by atoms with Gasteiger partial charge < -0.3 is 9.64 Å². The number of piperazine rings is 1. The van der Waals surface area contributed by atoms with Gasteiger partial charge >= 0.3 is 0 Å². The van der Waals surface area contributed by atoms with E-state index in [1.54, 1.807) is 4.90 Å². The molecule has 1 saturated carbocycles. The Kier molecular flexibility index (Phi) is 6.22. The van der Waals surface area contributed by atoms with E-state index in [9.17, 15) is 12.8 Å². The normalized spacial score (nSPS) is 24.4. The van der Waals surface area contributed by atoms with Crippen molar-refractivity contribution in [2.75, 3.05) is 39.0 Å². The van der Waals surface area contributed by atoms with E-state index in [0.717, 1.165) is 64.2 Å². The molecule has 0 atom stereocenters. The summed E-state index contributed by atoms with van der Waals surface area (Å²) in [6.07, 6.45) is 7.52. The fourth-order valence-electron chi connectivity index (χ4n) is 3.90. The van der Waals surface area contributed by atoms with E-state index in [-0.39, 0.29) is 10.6 Å². The smallest absolute Gasteiger partial charge is 0.179 e. The Hall–Kier alpha value is -1.85. The second-order valence-corrected chi connectivity index (χ2v) is 9.49. The summed E-state index contributed by atoms with van der Waals surface area (Å²) in [5, 5.41) is 8.94. The molecule has 1 aliphatic carbocycles. The molecule has 1 heterocycles. The lowest BCUT2D eigenvalue weighted by Crippen LogP contribution is -2.49. The maximum Gasteiger partial charge on any atom is 0.179 e. The van der Waals surface area contributed by atoms with Gasteiger partial charge in [0.15, 0.2) is 27.6 Å². The third-order valence-electron chi connectivity index (χ3n) is 5.59. The van der Waals surface area contributed by atoms with Gasteiger partial charge in [0.1, 0.15) is 0 Å². The summed E-state index contributed by atoms with van der Waals surface area (Å²) in [6.45, 7) is 3.95. The van der Waals surface area contributed by atoms with E-state index in [0.29, 0.717) is 18.6 Å². The van der Waals surface area contributed by atoms with Gasteiger partial charge in [-0.05, 0) is 49.8 Å². The average molecular weight is 396 g/mol. The summed E-state index contributed by atoms with van der Waals surface area (Å²) in [5.41, 5.74) is 0. The van der Waals surface area contributed by atoms with Crippen LogP contribution >= 0.6 is 0 Å². The van der Waals surface area contributed by atoms with Crippen LogP contribution in [0.3, 0.4) is 0 Å². The molecule has 2 fully saturated rings. The Morgan fingerprint density at radius 3 is 2.41 bits per heavy atom. The Bertz CT molecular complexity index is 793. The highest BCUT2D eigenvalue weighted by Gasteiger charge is 2.28. The second kappa shape index (κ2) is 8.44. The molecule has 1 aliphatic heterocycles. The minimum absolute atomic E-state index is 0.0376. The Balaban J connectivity index is 1.46. The van der Waals surface area contributed by atoms with Gasteiger partial charge in [-0.2, -0.15) is 5.26 Å². The molecule has 8 heteroatoms. The lowest BCUT2D eigenvalue weighted by Gasteiger charge is -2.40. The van der Waals surface area contributed by atoms with E-state index in [1.807, 2.05) is 0 Å². The lowest BCUT2D eigenvalue weighted by molar-refractivity contribution is 0.0811. The van der Waals surface area contributed by atoms with Crippen LogP contribution in [0.2, 0.25) is 0 Å². The van der Waals surface area contributed by atoms with Crippen molar-refractivity contribution in [2.45, 2.75) is 36.6 Å². The second-order valence-electron chi connectivity index (χ2n) is 7.47. The van der Waals surface area contributed by atoms with Crippen LogP contribution in [0.5, 0.6) is 5.75 Å². The molecule has 0 N–H and O–H groups in total. The van der Waals surface area contributed by atoms with Crippen LogP contribution in [0.1, 0.15) is 25.7 Å². The number of hydrogen-bond donors (Lipinski definition) is 0. The predicted molar refractivity (Wildman–Crippen MR) is 99.5 cm³/mol. The maximum atomic E-state index is 14.1. The molecule has 0 radical (unpaired) electrons. The van der Waals surface area contributed by atoms with Crippen molar-refractivity contribution in [1.82, 2.24) is 9.80 Å². The molecular weight excluding hydrogens is 369 g/mol. The van der Waals surface area contributed by atoms with Gasteiger partial charge in [0, 0.05) is 38.5 Å². The average Bonchev–Trinajstić information content (AvgIpc) is 2.67. The minimum Gasteiger partial charge on any atom is -0.490 e. The first-order chi connectivity index (χ1) is 12.9. The highest BCUT2D eigenvalue weighted by molar-refractivity contribution is 7.90. The summed E-state index contributed by atoms with van der Waals surface area (Å²) < 4.78 is 42.6. The molecular formula is C19H26FN3O3S. The van der Waals surface area contributed by atoms with Crippen LogP contribution in [-0.2, 0) is 9.84 Å². The topological polar surface area (TPSA) is 73.6 Å². The van der Waals surface area contributed by atoms with Crippen molar-refractivity contribution in [3.63, 3.8) is 0 Å². The summed E-state index contributed by atoms with van der Waals surface area (Å²) in [5.74, 6) is -0.144. The first-order valence-corrected chi connectivity index (χ1v) is 11.3. The van der Waals surface area contributed by atoms with Crippen molar-refractivity contribution in [1.29, 1.82) is 5.26 Å². The Labute approximate surface area is 160 Å². The zero-order chi connectivity index (χ0) is 19.4. The number of hydrogen-bond acceptors (Lipinski definition) is 6. The number of halogens is 1. The molecule has 0 unspecified atom stereocenters. The Morgan fingerprint density at radius 1 is 1.19 bits per heavy atom. The quantitative estimate of drug-likeness (QED) is 0.712. The van der Waals surface area contributed by atoms with E-state index in [2.05, 4.69) is 11.1 Å². The predicted octanol–water partition coefficient (Wildman–Crippen LogP) is 2.27. The highest BCUT2D eigenvalue weighted by Crippen LogP contribution is 2.29. The fourth-order valence-corrected chi connectivity index (χ4v) is 4.53. The first-order valence-electron chi connectivity index (χ1n) is 9.38. The van der Waals surface area contributed by atoms with Crippen LogP contribution in [0.25, 0.3) is 0 Å². The zero-order valence-electron chi connectivity index (χ0n) is 15.6. The van der Waals surface area contributed by atoms with E-state index in [4.69, 9.17) is 10.00 Å². The molecule has 27 heavy (non-hydrogen) atoms. The van der Waals surface area contributed by atoms with Gasteiger partial charge in [0.2, 0.25) is 0 Å². The number of benzene rings is 1. The summed E-state index contributed by atoms with van der Waals surface area (Å²) in [7, 11) is -3.42. The minimum atomic E-state index is -3.42. The Morgan fingerprint density at radius 2 is 1.85 bits per heavy atom. The summed E-state index contributed by atoms with van der Waals surface area (Å²) in [6, 6.07) is 4.35. The molecule has 1 saturated heterocycles. The lowest BCUT2D eigenvalue weighted by atomic mass is 9.85. The first kappa shape index (κ1) is 19.9. The van der Waals surface area contributed by atoms with Crippen molar-refractivity contribution in [3.05, 3.63) is 24.0 Å². The molecule has 6 nitrogen and oxygen atoms in total. The highest BCUT2D eigenvalue weighted by atomic mass is 32.2. The van der Waals surface area contributed by atoms with Gasteiger partial charge in [0.25, 0.3) is 0 Å².